The van der Waals surface area contributed by atoms with Gasteiger partial charge in [0.15, 0.2) is 0 Å². The Morgan fingerprint density at radius 3 is 1.68 bits per heavy atom. The van der Waals surface area contributed by atoms with E-state index in [4.69, 9.17) is 4.43 Å². The zero-order valence-electron chi connectivity index (χ0n) is 19.1. The highest BCUT2D eigenvalue weighted by Crippen LogP contribution is 2.37. The summed E-state index contributed by atoms with van der Waals surface area (Å²) in [5.41, 5.74) is 1.81. The average molecular weight is 431 g/mol. The SMILES string of the molecule is C=C(CO[Si](c1ccccc1)(c1ccccc1)C(C)(C)C)[C@H](C)[C@@H](O)c1ccccc1. The van der Waals surface area contributed by atoms with Crippen LogP contribution >= 0.6 is 0 Å². The van der Waals surface area contributed by atoms with Crippen LogP contribution in [0.5, 0.6) is 0 Å². The standard InChI is InChI=1S/C28H34O2Si/c1-22(23(2)27(29)24-15-9-6-10-16-24)21-30-31(28(3,4)5,25-17-11-7-12-18-25)26-19-13-8-14-20-26/h6-20,23,27,29H,1,21H2,2-5H3/t23-,27+/m0/s1. The number of hydrogen-bond donors (Lipinski definition) is 1. The summed E-state index contributed by atoms with van der Waals surface area (Å²) < 4.78 is 6.96. The third kappa shape index (κ3) is 4.90. The second-order valence-electron chi connectivity index (χ2n) is 9.25. The van der Waals surface area contributed by atoms with Crippen LogP contribution in [0.4, 0.5) is 0 Å². The molecule has 0 aliphatic heterocycles. The number of aliphatic hydroxyl groups excluding tert-OH is 1. The second kappa shape index (κ2) is 9.78. The number of hydrogen-bond acceptors (Lipinski definition) is 2. The minimum Gasteiger partial charge on any atom is -0.403 e. The lowest BCUT2D eigenvalue weighted by Crippen LogP contribution is -2.66. The van der Waals surface area contributed by atoms with Crippen molar-refractivity contribution < 1.29 is 9.53 Å². The van der Waals surface area contributed by atoms with Crippen LogP contribution in [0.3, 0.4) is 0 Å². The molecule has 0 aliphatic carbocycles. The molecule has 0 bridgehead atoms. The average Bonchev–Trinajstić information content (AvgIpc) is 2.79. The van der Waals surface area contributed by atoms with Crippen LogP contribution in [-0.4, -0.2) is 20.0 Å². The Hall–Kier alpha value is -2.46. The minimum atomic E-state index is -2.61. The van der Waals surface area contributed by atoms with Crippen LogP contribution < -0.4 is 10.4 Å². The fourth-order valence-corrected chi connectivity index (χ4v) is 8.81. The van der Waals surface area contributed by atoms with Crippen LogP contribution in [0.25, 0.3) is 0 Å². The topological polar surface area (TPSA) is 29.5 Å². The van der Waals surface area contributed by atoms with E-state index in [-0.39, 0.29) is 11.0 Å². The molecule has 3 aromatic rings. The number of aliphatic hydroxyl groups is 1. The Labute approximate surface area is 188 Å². The molecule has 3 rings (SSSR count). The highest BCUT2D eigenvalue weighted by atomic mass is 28.4. The first-order valence-electron chi connectivity index (χ1n) is 10.9. The highest BCUT2D eigenvalue weighted by molar-refractivity contribution is 6.99. The molecule has 0 spiro atoms. The molecule has 31 heavy (non-hydrogen) atoms. The summed E-state index contributed by atoms with van der Waals surface area (Å²) in [6, 6.07) is 31.0. The molecule has 2 atom stereocenters. The van der Waals surface area contributed by atoms with Crippen molar-refractivity contribution in [3.63, 3.8) is 0 Å². The zero-order chi connectivity index (χ0) is 22.5. The van der Waals surface area contributed by atoms with Gasteiger partial charge < -0.3 is 9.53 Å². The van der Waals surface area contributed by atoms with Gasteiger partial charge in [-0.25, -0.2) is 0 Å². The van der Waals surface area contributed by atoms with Gasteiger partial charge in [-0.1, -0.05) is 125 Å². The van der Waals surface area contributed by atoms with Gasteiger partial charge in [0.05, 0.1) is 12.7 Å². The third-order valence-electron chi connectivity index (χ3n) is 6.15. The van der Waals surface area contributed by atoms with Crippen molar-refractivity contribution in [2.24, 2.45) is 5.92 Å². The predicted octanol–water partition coefficient (Wildman–Crippen LogP) is 5.49. The van der Waals surface area contributed by atoms with E-state index in [1.54, 1.807) is 0 Å². The summed E-state index contributed by atoms with van der Waals surface area (Å²) in [7, 11) is -2.61. The van der Waals surface area contributed by atoms with E-state index in [1.807, 2.05) is 49.4 Å². The number of rotatable bonds is 8. The van der Waals surface area contributed by atoms with Crippen LogP contribution in [0.15, 0.2) is 103 Å². The van der Waals surface area contributed by atoms with E-state index >= 15 is 0 Å². The Balaban J connectivity index is 1.93. The Morgan fingerprint density at radius 1 is 0.839 bits per heavy atom. The van der Waals surface area contributed by atoms with Crippen molar-refractivity contribution in [1.82, 2.24) is 0 Å². The summed E-state index contributed by atoms with van der Waals surface area (Å²) in [5.74, 6) is -0.111. The van der Waals surface area contributed by atoms with Gasteiger partial charge in [0, 0.05) is 5.92 Å². The van der Waals surface area contributed by atoms with E-state index in [2.05, 4.69) is 75.9 Å². The summed E-state index contributed by atoms with van der Waals surface area (Å²) in [6.45, 7) is 13.6. The normalized spacial score (nSPS) is 14.1. The van der Waals surface area contributed by atoms with Crippen molar-refractivity contribution in [2.75, 3.05) is 6.61 Å². The first kappa shape index (κ1) is 23.2. The van der Waals surface area contributed by atoms with Gasteiger partial charge in [-0.2, -0.15) is 0 Å². The summed E-state index contributed by atoms with van der Waals surface area (Å²) in [6.07, 6.45) is -0.601. The molecule has 0 radical (unpaired) electrons. The summed E-state index contributed by atoms with van der Waals surface area (Å²) >= 11 is 0. The van der Waals surface area contributed by atoms with Gasteiger partial charge in [-0.3, -0.25) is 0 Å². The molecular weight excluding hydrogens is 396 g/mol. The van der Waals surface area contributed by atoms with Crippen molar-refractivity contribution in [3.8, 4) is 0 Å². The Morgan fingerprint density at radius 2 is 1.26 bits per heavy atom. The maximum absolute atomic E-state index is 10.9. The lowest BCUT2D eigenvalue weighted by molar-refractivity contribution is 0.128. The summed E-state index contributed by atoms with van der Waals surface area (Å²) in [5, 5.41) is 13.3. The van der Waals surface area contributed by atoms with E-state index in [9.17, 15) is 5.11 Å². The fraction of sp³-hybridized carbons (Fsp3) is 0.286. The van der Waals surface area contributed by atoms with Crippen LogP contribution in [-0.2, 0) is 4.43 Å². The van der Waals surface area contributed by atoms with Crippen molar-refractivity contribution in [3.05, 3.63) is 109 Å². The molecule has 0 amide bonds. The van der Waals surface area contributed by atoms with E-state index in [1.165, 1.54) is 10.4 Å². The second-order valence-corrected chi connectivity index (χ2v) is 13.6. The Kier molecular flexibility index (Phi) is 7.32. The quantitative estimate of drug-likeness (QED) is 0.378. The lowest BCUT2D eigenvalue weighted by atomic mass is 9.92. The van der Waals surface area contributed by atoms with Gasteiger partial charge in [-0.15, -0.1) is 0 Å². The summed E-state index contributed by atoms with van der Waals surface area (Å²) in [4.78, 5) is 0. The highest BCUT2D eigenvalue weighted by Gasteiger charge is 2.50. The van der Waals surface area contributed by atoms with E-state index in [0.29, 0.717) is 6.61 Å². The molecule has 3 aromatic carbocycles. The van der Waals surface area contributed by atoms with Crippen LogP contribution in [0.2, 0.25) is 5.04 Å². The molecule has 0 saturated heterocycles. The van der Waals surface area contributed by atoms with E-state index in [0.717, 1.165) is 11.1 Å². The van der Waals surface area contributed by atoms with Gasteiger partial charge in [0.1, 0.15) is 0 Å². The van der Waals surface area contributed by atoms with Crippen molar-refractivity contribution in [2.45, 2.75) is 38.8 Å². The first-order chi connectivity index (χ1) is 14.8. The lowest BCUT2D eigenvalue weighted by Gasteiger charge is -2.43. The number of benzene rings is 3. The molecule has 3 heteroatoms. The van der Waals surface area contributed by atoms with E-state index < -0.39 is 14.4 Å². The molecule has 0 fully saturated rings. The fourth-order valence-electron chi connectivity index (χ4n) is 4.26. The van der Waals surface area contributed by atoms with Crippen LogP contribution in [0.1, 0.15) is 39.4 Å². The van der Waals surface area contributed by atoms with Crippen LogP contribution in [0, 0.1) is 5.92 Å². The molecule has 0 unspecified atom stereocenters. The minimum absolute atomic E-state index is 0.0860. The van der Waals surface area contributed by atoms with Gasteiger partial charge in [0.25, 0.3) is 8.32 Å². The first-order valence-corrected chi connectivity index (χ1v) is 12.8. The Bertz CT molecular complexity index is 923. The third-order valence-corrected chi connectivity index (χ3v) is 11.1. The molecule has 0 heterocycles. The zero-order valence-corrected chi connectivity index (χ0v) is 20.1. The molecule has 162 valence electrons. The molecular formula is C28H34O2Si. The molecule has 0 aromatic heterocycles. The molecule has 0 saturated carbocycles. The maximum Gasteiger partial charge on any atom is 0.261 e. The molecule has 2 nitrogen and oxygen atoms in total. The molecule has 1 N–H and O–H groups in total. The maximum atomic E-state index is 10.9. The largest absolute Gasteiger partial charge is 0.403 e. The smallest absolute Gasteiger partial charge is 0.261 e. The predicted molar refractivity (Wildman–Crippen MR) is 133 cm³/mol. The van der Waals surface area contributed by atoms with Crippen molar-refractivity contribution in [1.29, 1.82) is 0 Å². The van der Waals surface area contributed by atoms with Gasteiger partial charge in [-0.05, 0) is 26.5 Å². The molecule has 0 aliphatic rings. The van der Waals surface area contributed by atoms with Gasteiger partial charge >= 0.3 is 0 Å². The monoisotopic (exact) mass is 430 g/mol. The van der Waals surface area contributed by atoms with Gasteiger partial charge in [0.2, 0.25) is 0 Å². The van der Waals surface area contributed by atoms with Crippen molar-refractivity contribution >= 4 is 18.7 Å².